The molecule has 7 heterocycles. The topological polar surface area (TPSA) is 761 Å². The van der Waals surface area contributed by atoms with Crippen molar-refractivity contribution in [2.24, 2.45) is 11.7 Å². The second-order valence-electron chi connectivity index (χ2n) is 34.9. The van der Waals surface area contributed by atoms with Gasteiger partial charge in [-0.15, -0.1) is 0 Å². The number of amides is 8. The number of phenolic OH excluding ortho intramolecular Hbond substituents is 3. The highest BCUT2D eigenvalue weighted by Crippen LogP contribution is 2.69. The highest BCUT2D eigenvalue weighted by atomic mass is 35.5. The van der Waals surface area contributed by atoms with Crippen molar-refractivity contribution in [1.82, 2.24) is 58.5 Å². The number of hydrogen-bond acceptors (Lipinski definition) is 34. The summed E-state index contributed by atoms with van der Waals surface area (Å²) in [6, 6.07) is -3.89. The Hall–Kier alpha value is -9.60. The average Bonchev–Trinajstić information content (AvgIpc) is 0.751. The van der Waals surface area contributed by atoms with Gasteiger partial charge in [0.1, 0.15) is 89.5 Å². The van der Waals surface area contributed by atoms with E-state index in [-0.39, 0.29) is 24.3 Å². The van der Waals surface area contributed by atoms with Crippen LogP contribution in [-0.2, 0) is 82.3 Å². The van der Waals surface area contributed by atoms with E-state index in [2.05, 4.69) is 60.1 Å². The average molecular weight is 2060 g/mol. The Balaban J connectivity index is 1.15. The smallest absolute Gasteiger partial charge is 0.410 e. The van der Waals surface area contributed by atoms with Crippen LogP contribution >= 0.6 is 46.0 Å². The maximum absolute atomic E-state index is 16.5. The first kappa shape index (κ1) is 111. The number of aliphatic hydroxyl groups is 7. The van der Waals surface area contributed by atoms with E-state index < -0.39 is 338 Å². The molecule has 29 N–H and O–H groups in total. The summed E-state index contributed by atoms with van der Waals surface area (Å²) in [6.45, 7) is 6.32. The van der Waals surface area contributed by atoms with E-state index in [0.29, 0.717) is 19.2 Å². The van der Waals surface area contributed by atoms with Gasteiger partial charge in [0.2, 0.25) is 60.2 Å². The van der Waals surface area contributed by atoms with E-state index in [4.69, 9.17) is 66.8 Å². The Bertz CT molecular complexity index is 5390. The summed E-state index contributed by atoms with van der Waals surface area (Å²) >= 11 is 14.4. The molecule has 0 aliphatic carbocycles. The van der Waals surface area contributed by atoms with Crippen molar-refractivity contribution in [2.45, 2.75) is 239 Å². The van der Waals surface area contributed by atoms with Crippen LogP contribution in [0.3, 0.4) is 0 Å². The van der Waals surface area contributed by atoms with Crippen LogP contribution in [0.5, 0.6) is 46.0 Å². The molecule has 53 heteroatoms. The predicted octanol–water partition coefficient (Wildman–Crippen LogP) is 1.62. The van der Waals surface area contributed by atoms with Crippen molar-refractivity contribution in [2.75, 3.05) is 52.9 Å². The number of halogens is 2. The minimum atomic E-state index is -5.97. The Morgan fingerprint density at radius 3 is 1.86 bits per heavy atom. The van der Waals surface area contributed by atoms with Gasteiger partial charge in [0.25, 0.3) is 5.08 Å². The van der Waals surface area contributed by atoms with Gasteiger partial charge >= 0.3 is 34.8 Å². The lowest BCUT2D eigenvalue weighted by molar-refractivity contribution is -0.334. The van der Waals surface area contributed by atoms with Gasteiger partial charge in [0.15, 0.2) is 29.9 Å². The number of benzene rings is 5. The Morgan fingerprint density at radius 2 is 1.27 bits per heavy atom. The molecule has 2 fully saturated rings. The zero-order valence-corrected chi connectivity index (χ0v) is 80.4. The van der Waals surface area contributed by atoms with E-state index in [1.54, 1.807) is 27.7 Å². The molecular weight excluding hydrogens is 1940 g/mol. The van der Waals surface area contributed by atoms with Gasteiger partial charge in [0.05, 0.1) is 53.2 Å². The van der Waals surface area contributed by atoms with E-state index in [1.165, 1.54) is 32.4 Å². The fourth-order valence-electron chi connectivity index (χ4n) is 16.4. The second-order valence-corrected chi connectivity index (χ2v) is 41.3. The van der Waals surface area contributed by atoms with Gasteiger partial charge in [0, 0.05) is 61.2 Å². The van der Waals surface area contributed by atoms with Gasteiger partial charge in [-0.05, 0) is 129 Å². The van der Waals surface area contributed by atoms with E-state index in [9.17, 15) is 113 Å². The molecule has 7 aliphatic rings. The summed E-state index contributed by atoms with van der Waals surface area (Å²) in [6.07, 6.45) is -15.3. The SMILES string of the molecule is CCCCCCCCCCNCCNC1(C)CC(OC2C(Oc3c4cc5cc3Oc3ccc(cc3Cl)[C@H](O)C(NC(=O)C(CC(C)C)NC)C(=O)NC(CC(N)=O)C(=O)NC5C(=O)NC3C(=O)NC(C(=O)N[C@@H](C(=O)OCOC(=O)NCCCC(O)(P(=O)(O)O)P(=O)(O)O)c5cc(O)c(CNCP(=O)(O)O)c(O)c5-c5cc3ccc5O)[C@H](O)c3ccc(c(Cl)c3)O4)OC(CO)C(O)C2O)OC(C)C1O. The Kier molecular flexibility index (Phi) is 38.8. The summed E-state index contributed by atoms with van der Waals surface area (Å²) in [5.74, 6) is -18.2. The van der Waals surface area contributed by atoms with Gasteiger partial charge in [-0.2, -0.15) is 0 Å². The number of alkyl carbamates (subject to hydrolysis) is 1. The number of aliphatic hydroxyl groups excluding tert-OH is 6. The van der Waals surface area contributed by atoms with Crippen molar-refractivity contribution >= 4 is 99.4 Å². The molecule has 0 saturated carbocycles. The predicted molar refractivity (Wildman–Crippen MR) is 488 cm³/mol. The molecule has 0 aromatic heterocycles. The van der Waals surface area contributed by atoms with Crippen LogP contribution in [0.4, 0.5) is 4.79 Å². The van der Waals surface area contributed by atoms with E-state index >= 15 is 24.0 Å². The first-order valence-electron chi connectivity index (χ1n) is 44.5. The molecule has 139 heavy (non-hydrogen) atoms. The summed E-state index contributed by atoms with van der Waals surface area (Å²) in [5.41, 5.74) is -0.342. The van der Waals surface area contributed by atoms with Crippen molar-refractivity contribution in [3.63, 3.8) is 0 Å². The lowest BCUT2D eigenvalue weighted by atomic mass is 9.85. The molecule has 11 bridgehead atoms. The lowest BCUT2D eigenvalue weighted by Crippen LogP contribution is -2.65. The maximum atomic E-state index is 16.5. The second kappa shape index (κ2) is 48.4. The molecule has 7 aliphatic heterocycles. The fraction of sp³-hybridized carbons (Fsp3) is 0.547. The van der Waals surface area contributed by atoms with Gasteiger partial charge < -0.3 is 183 Å². The molecule has 0 spiro atoms. The highest BCUT2D eigenvalue weighted by molar-refractivity contribution is 7.72. The number of nitrogens with two attached hydrogens (primary N) is 1. The number of nitrogens with one attached hydrogen (secondary N) is 11. The number of fused-ring (bicyclic) bond motifs is 15. The maximum Gasteiger partial charge on any atom is 0.410 e. The number of unbranched alkanes of at least 4 members (excludes halogenated alkanes) is 7. The van der Waals surface area contributed by atoms with Crippen LogP contribution in [0.25, 0.3) is 11.1 Å². The third kappa shape index (κ3) is 28.1. The van der Waals surface area contributed by atoms with E-state index in [1.807, 2.05) is 5.32 Å². The minimum Gasteiger partial charge on any atom is -0.507 e. The van der Waals surface area contributed by atoms with Crippen LogP contribution in [0.1, 0.15) is 182 Å². The van der Waals surface area contributed by atoms with Crippen LogP contribution in [0, 0.1) is 5.92 Å². The third-order valence-electron chi connectivity index (χ3n) is 23.9. The largest absolute Gasteiger partial charge is 0.507 e. The number of primary amides is 1. The molecule has 0 radical (unpaired) electrons. The van der Waals surface area contributed by atoms with Crippen LogP contribution in [-0.4, -0.2) is 271 Å². The lowest BCUT2D eigenvalue weighted by Gasteiger charge is -2.48. The zero-order chi connectivity index (χ0) is 102. The first-order chi connectivity index (χ1) is 65.4. The standard InChI is InChI=1S/C86H119Cl2N12O36P3/c1-7-8-9-10-11-12-13-14-23-91-25-26-94-85(5)35-61(131-41(4)75(85)110)135-74-72(109)71(108)59(37-101)134-83(74)136-73-57-31-45-32-58(73)133-56-21-18-44(30-50(56)88)69(106)67-81(116)98-65(82(117)129-39-130-84(118)93-24-15-22-86(119,138(123,124)125)139(126,127)128)47-33-54(103)48(36-92-38-137(120,121)122)70(107)62(47)46-28-42(16-19-53(46)102)63(78(113)100-67)97-79(114)64(45)96-77(112)52(34-60(89)104)95-80(115)66(99-76(111)51(90-6)27-40(2)3)68(105)43-17-20-55(132-57)49(87)29-43/h16-21,28-33,40-41,51-52,59,61,63-69,71-72,74-75,83,90-92,94,101-103,105-110,119H,7-15,22-27,34-39H2,1-6H3,(H2,89,104)(H,93,118)(H,95,115)(H,96,112)(H,97,114)(H,98,116)(H,99,111)(H,100,113)(H2,120,121,122)(H2,123,124,125)(H2,126,127,128)/t41?,51?,52?,59?,61?,63?,64?,65-,66?,67?,68+,69-,71?,72?,74?,75?,83?,85?/m1/s1. The molecule has 2 saturated heterocycles. The molecule has 8 amide bonds. The molecule has 5 aromatic carbocycles. The minimum absolute atomic E-state index is 0.148. The number of ether oxygens (including phenoxy) is 8. The van der Waals surface area contributed by atoms with Crippen molar-refractivity contribution in [3.05, 3.63) is 116 Å². The monoisotopic (exact) mass is 2060 g/mol. The number of likely N-dealkylation sites (N-methyl/N-ethyl adjacent to an activating group) is 1. The number of rotatable bonds is 38. The van der Waals surface area contributed by atoms with Crippen molar-refractivity contribution < 1.29 is 175 Å². The third-order valence-corrected chi connectivity index (χ3v) is 29.0. The van der Waals surface area contributed by atoms with Crippen LogP contribution in [0.15, 0.2) is 72.8 Å². The first-order valence-corrected chi connectivity index (χ1v) is 50.3. The highest BCUT2D eigenvalue weighted by Gasteiger charge is 2.59. The summed E-state index contributed by atoms with van der Waals surface area (Å²) < 4.78 is 85.9. The van der Waals surface area contributed by atoms with Crippen molar-refractivity contribution in [3.8, 4) is 57.1 Å². The molecule has 768 valence electrons. The number of esters is 1. The Morgan fingerprint density at radius 1 is 0.662 bits per heavy atom. The number of aromatic hydroxyl groups is 3. The number of hydrogen-bond donors (Lipinski definition) is 28. The molecule has 12 rings (SSSR count). The fourth-order valence-corrected chi connectivity index (χ4v) is 19.5. The molecule has 18 atom stereocenters. The number of carbonyl (C=O) groups excluding carboxylic acids is 9. The van der Waals surface area contributed by atoms with Gasteiger partial charge in [-0.1, -0.05) is 107 Å². The molecular formula is C86H119Cl2N12O36P3. The van der Waals surface area contributed by atoms with Gasteiger partial charge in [-0.25, -0.2) is 9.59 Å². The summed E-state index contributed by atoms with van der Waals surface area (Å²) in [7, 11) is -15.5. The summed E-state index contributed by atoms with van der Waals surface area (Å²) in [5, 5.41) is 143. The van der Waals surface area contributed by atoms with E-state index in [0.717, 1.165) is 99.3 Å². The molecule has 15 unspecified atom stereocenters. The van der Waals surface area contributed by atoms with Crippen LogP contribution < -0.4 is 78.4 Å². The quantitative estimate of drug-likeness (QED) is 0.0115. The van der Waals surface area contributed by atoms with Crippen LogP contribution in [0.2, 0.25) is 10.0 Å². The Labute approximate surface area is 806 Å². The molecule has 5 aromatic rings. The van der Waals surface area contributed by atoms with Gasteiger partial charge in [-0.3, -0.25) is 47.3 Å². The normalized spacial score (nSPS) is 25.1. The number of carbonyl (C=O) groups is 9. The number of phenols is 3. The van der Waals surface area contributed by atoms with Crippen molar-refractivity contribution in [1.29, 1.82) is 0 Å². The molecule has 48 nitrogen and oxygen atoms in total. The zero-order valence-electron chi connectivity index (χ0n) is 76.2. The summed E-state index contributed by atoms with van der Waals surface area (Å²) in [4.78, 5) is 193.